The van der Waals surface area contributed by atoms with E-state index in [-0.39, 0.29) is 23.6 Å². The van der Waals surface area contributed by atoms with Crippen LogP contribution in [0.3, 0.4) is 0 Å². The first-order valence-electron chi connectivity index (χ1n) is 8.28. The maximum absolute atomic E-state index is 13.2. The number of ether oxygens (including phenoxy) is 1. The molecule has 0 radical (unpaired) electrons. The van der Waals surface area contributed by atoms with Gasteiger partial charge in [-0.1, -0.05) is 23.8 Å². The zero-order valence-corrected chi connectivity index (χ0v) is 15.5. The quantitative estimate of drug-likeness (QED) is 0.812. The summed E-state index contributed by atoms with van der Waals surface area (Å²) in [6.45, 7) is 1.88. The second-order valence-corrected chi connectivity index (χ2v) is 8.27. The number of nitrogens with zero attached hydrogens (tertiary/aromatic N) is 1. The third kappa shape index (κ3) is 3.20. The summed E-state index contributed by atoms with van der Waals surface area (Å²) in [7, 11) is -2.36. The number of benzene rings is 2. The van der Waals surface area contributed by atoms with Crippen molar-refractivity contribution in [2.45, 2.75) is 37.2 Å². The van der Waals surface area contributed by atoms with Crippen molar-refractivity contribution in [2.75, 3.05) is 7.11 Å². The molecule has 0 saturated carbocycles. The Hall–Kier alpha value is -2.38. The van der Waals surface area contributed by atoms with Crippen molar-refractivity contribution in [3.05, 3.63) is 53.1 Å². The van der Waals surface area contributed by atoms with Crippen LogP contribution in [0, 0.1) is 6.92 Å². The number of phenolic OH excluding ortho intramolecular Hbond substituents is 1. The zero-order chi connectivity index (χ0) is 18.9. The Morgan fingerprint density at radius 3 is 2.54 bits per heavy atom. The molecular weight excluding hydrogens is 354 g/mol. The summed E-state index contributed by atoms with van der Waals surface area (Å²) in [4.78, 5) is 11.3. The third-order valence-corrected chi connectivity index (χ3v) is 6.65. The topological polar surface area (TPSA) is 83.9 Å². The summed E-state index contributed by atoms with van der Waals surface area (Å²) in [6.07, 6.45) is 1.19. The molecule has 0 amide bonds. The molecule has 1 aliphatic heterocycles. The van der Waals surface area contributed by atoms with Crippen LogP contribution < -0.4 is 4.74 Å². The molecule has 3 rings (SSSR count). The number of rotatable bonds is 5. The lowest BCUT2D eigenvalue weighted by Crippen LogP contribution is -2.44. The number of carbonyl (C=O) groups excluding carboxylic acids is 1. The summed E-state index contributed by atoms with van der Waals surface area (Å²) < 4.78 is 32.7. The monoisotopic (exact) mass is 375 g/mol. The Morgan fingerprint density at radius 1 is 1.23 bits per heavy atom. The second kappa shape index (κ2) is 7.09. The van der Waals surface area contributed by atoms with Crippen molar-refractivity contribution in [2.24, 2.45) is 0 Å². The highest BCUT2D eigenvalue weighted by Gasteiger charge is 2.37. The fourth-order valence-corrected chi connectivity index (χ4v) is 4.87. The predicted molar refractivity (Wildman–Crippen MR) is 96.7 cm³/mol. The molecule has 138 valence electrons. The molecule has 0 saturated heterocycles. The number of phenols is 1. The maximum Gasteiger partial charge on any atom is 0.243 e. The van der Waals surface area contributed by atoms with Crippen LogP contribution in [-0.2, 0) is 27.8 Å². The van der Waals surface area contributed by atoms with E-state index in [4.69, 9.17) is 4.74 Å². The third-order valence-electron chi connectivity index (χ3n) is 4.74. The van der Waals surface area contributed by atoms with Crippen LogP contribution in [0.15, 0.2) is 41.3 Å². The number of aryl methyl sites for hydroxylation is 1. The van der Waals surface area contributed by atoms with Crippen molar-refractivity contribution >= 4 is 16.3 Å². The van der Waals surface area contributed by atoms with Crippen LogP contribution in [0.25, 0.3) is 0 Å². The standard InChI is InChI=1S/C19H21NO5S/c1-13-3-6-16(7-4-13)26(23,24)20-12-17-14(11-15(20)9-10-21)5-8-18(25-2)19(17)22/h3-8,10,15,22H,9,11-12H2,1-2H3. The molecule has 1 unspecified atom stereocenters. The van der Waals surface area contributed by atoms with Gasteiger partial charge in [0.05, 0.1) is 12.0 Å². The van der Waals surface area contributed by atoms with Gasteiger partial charge in [-0.05, 0) is 37.1 Å². The van der Waals surface area contributed by atoms with Gasteiger partial charge >= 0.3 is 0 Å². The molecule has 1 atom stereocenters. The highest BCUT2D eigenvalue weighted by molar-refractivity contribution is 7.89. The van der Waals surface area contributed by atoms with E-state index in [2.05, 4.69) is 0 Å². The number of hydrogen-bond acceptors (Lipinski definition) is 5. The van der Waals surface area contributed by atoms with Crippen molar-refractivity contribution in [3.8, 4) is 11.5 Å². The molecule has 0 aromatic heterocycles. The van der Waals surface area contributed by atoms with Gasteiger partial charge in [-0.15, -0.1) is 0 Å². The minimum Gasteiger partial charge on any atom is -0.504 e. The fourth-order valence-electron chi connectivity index (χ4n) is 3.27. The highest BCUT2D eigenvalue weighted by atomic mass is 32.2. The molecule has 6 nitrogen and oxygen atoms in total. The van der Waals surface area contributed by atoms with Crippen LogP contribution >= 0.6 is 0 Å². The molecule has 2 aromatic carbocycles. The number of aldehydes is 1. The molecule has 1 N–H and O–H groups in total. The smallest absolute Gasteiger partial charge is 0.243 e. The van der Waals surface area contributed by atoms with Crippen LogP contribution in [0.4, 0.5) is 0 Å². The Balaban J connectivity index is 2.07. The summed E-state index contributed by atoms with van der Waals surface area (Å²) in [5, 5.41) is 10.4. The molecule has 7 heteroatoms. The van der Waals surface area contributed by atoms with Gasteiger partial charge in [0.25, 0.3) is 0 Å². The first-order chi connectivity index (χ1) is 12.4. The summed E-state index contributed by atoms with van der Waals surface area (Å²) >= 11 is 0. The summed E-state index contributed by atoms with van der Waals surface area (Å²) in [5.74, 6) is 0.240. The molecule has 2 aromatic rings. The Kier molecular flexibility index (Phi) is 5.02. The lowest BCUT2D eigenvalue weighted by molar-refractivity contribution is -0.108. The van der Waals surface area contributed by atoms with Gasteiger partial charge in [-0.25, -0.2) is 8.42 Å². The lowest BCUT2D eigenvalue weighted by atomic mass is 9.93. The van der Waals surface area contributed by atoms with Crippen LogP contribution in [0.5, 0.6) is 11.5 Å². The van der Waals surface area contributed by atoms with E-state index in [9.17, 15) is 18.3 Å². The van der Waals surface area contributed by atoms with E-state index in [0.717, 1.165) is 17.4 Å². The van der Waals surface area contributed by atoms with E-state index in [1.54, 1.807) is 30.3 Å². The number of aromatic hydroxyl groups is 1. The van der Waals surface area contributed by atoms with Crippen LogP contribution in [0.1, 0.15) is 23.1 Å². The number of carbonyl (C=O) groups is 1. The van der Waals surface area contributed by atoms with Crippen molar-refractivity contribution < 1.29 is 23.1 Å². The van der Waals surface area contributed by atoms with Crippen molar-refractivity contribution in [1.82, 2.24) is 4.31 Å². The Morgan fingerprint density at radius 2 is 1.92 bits per heavy atom. The fraction of sp³-hybridized carbons (Fsp3) is 0.316. The zero-order valence-electron chi connectivity index (χ0n) is 14.7. The number of methoxy groups -OCH3 is 1. The van der Waals surface area contributed by atoms with Gasteiger partial charge < -0.3 is 14.6 Å². The van der Waals surface area contributed by atoms with Crippen molar-refractivity contribution in [3.63, 3.8) is 0 Å². The van der Waals surface area contributed by atoms with Gasteiger partial charge in [0.2, 0.25) is 10.0 Å². The molecular formula is C19H21NO5S. The lowest BCUT2D eigenvalue weighted by Gasteiger charge is -2.35. The summed E-state index contributed by atoms with van der Waals surface area (Å²) in [5.41, 5.74) is 2.30. The first-order valence-corrected chi connectivity index (χ1v) is 9.72. The normalized spacial score (nSPS) is 17.5. The van der Waals surface area contributed by atoms with Gasteiger partial charge in [0.15, 0.2) is 11.5 Å². The van der Waals surface area contributed by atoms with Crippen LogP contribution in [-0.4, -0.2) is 37.3 Å². The van der Waals surface area contributed by atoms with Gasteiger partial charge in [0, 0.05) is 24.6 Å². The molecule has 0 aliphatic carbocycles. The van der Waals surface area contributed by atoms with E-state index in [0.29, 0.717) is 17.7 Å². The van der Waals surface area contributed by atoms with E-state index in [1.807, 2.05) is 13.0 Å². The molecule has 1 heterocycles. The van der Waals surface area contributed by atoms with Crippen LogP contribution in [0.2, 0.25) is 0 Å². The van der Waals surface area contributed by atoms with Gasteiger partial charge in [-0.3, -0.25) is 0 Å². The minimum atomic E-state index is -3.81. The average Bonchev–Trinajstić information content (AvgIpc) is 2.62. The minimum absolute atomic E-state index is 0.00686. The SMILES string of the molecule is COc1ccc2c(c1O)CN(S(=O)(=O)c1ccc(C)cc1)C(CC=O)C2. The van der Waals surface area contributed by atoms with E-state index < -0.39 is 16.1 Å². The number of sulfonamides is 1. The molecule has 1 aliphatic rings. The second-order valence-electron chi connectivity index (χ2n) is 6.38. The maximum atomic E-state index is 13.2. The Labute approximate surface area is 153 Å². The number of hydrogen-bond donors (Lipinski definition) is 1. The predicted octanol–water partition coefficient (Wildman–Crippen LogP) is 2.41. The first kappa shape index (κ1) is 18.4. The molecule has 0 fully saturated rings. The Bertz CT molecular complexity index is 922. The average molecular weight is 375 g/mol. The molecule has 0 bridgehead atoms. The van der Waals surface area contributed by atoms with Crippen molar-refractivity contribution in [1.29, 1.82) is 0 Å². The molecule has 0 spiro atoms. The largest absolute Gasteiger partial charge is 0.504 e. The van der Waals surface area contributed by atoms with E-state index in [1.165, 1.54) is 11.4 Å². The summed E-state index contributed by atoms with van der Waals surface area (Å²) in [6, 6.07) is 9.56. The van der Waals surface area contributed by atoms with E-state index >= 15 is 0 Å². The number of fused-ring (bicyclic) bond motifs is 1. The van der Waals surface area contributed by atoms with Gasteiger partial charge in [0.1, 0.15) is 6.29 Å². The highest BCUT2D eigenvalue weighted by Crippen LogP contribution is 2.39. The van der Waals surface area contributed by atoms with Gasteiger partial charge in [-0.2, -0.15) is 4.31 Å². The molecule has 26 heavy (non-hydrogen) atoms.